The van der Waals surface area contributed by atoms with Gasteiger partial charge in [0.05, 0.1) is 4.90 Å². The first-order valence-electron chi connectivity index (χ1n) is 8.83. The van der Waals surface area contributed by atoms with E-state index >= 15 is 0 Å². The Hall–Kier alpha value is -0.870. The van der Waals surface area contributed by atoms with E-state index in [1.807, 2.05) is 12.1 Å². The molecule has 0 aliphatic heterocycles. The molecule has 0 amide bonds. The Kier molecular flexibility index (Phi) is 5.90. The van der Waals surface area contributed by atoms with Gasteiger partial charge in [0.2, 0.25) is 10.0 Å². The standard InChI is InChI=1S/C19H31NO2S/c1-5-6-15-7-13-18(14-8-15)23(21,22)20-17-11-9-16(10-12-17)19(2,3)4/h7-8,13-14,16-17,20H,5-6,9-12H2,1-4H3. The lowest BCUT2D eigenvalue weighted by molar-refractivity contribution is 0.166. The fourth-order valence-electron chi connectivity index (χ4n) is 3.49. The van der Waals surface area contributed by atoms with E-state index in [-0.39, 0.29) is 6.04 Å². The second-order valence-electron chi connectivity index (χ2n) is 7.93. The van der Waals surface area contributed by atoms with E-state index in [9.17, 15) is 8.42 Å². The zero-order valence-electron chi connectivity index (χ0n) is 14.9. The van der Waals surface area contributed by atoms with Gasteiger partial charge in [-0.25, -0.2) is 13.1 Å². The topological polar surface area (TPSA) is 46.2 Å². The highest BCUT2D eigenvalue weighted by Crippen LogP contribution is 2.38. The summed E-state index contributed by atoms with van der Waals surface area (Å²) in [7, 11) is -3.39. The van der Waals surface area contributed by atoms with Gasteiger partial charge < -0.3 is 0 Å². The second-order valence-corrected chi connectivity index (χ2v) is 9.64. The molecule has 1 aromatic carbocycles. The third-order valence-corrected chi connectivity index (χ3v) is 6.58. The Labute approximate surface area is 141 Å². The molecular formula is C19H31NO2S. The average molecular weight is 338 g/mol. The smallest absolute Gasteiger partial charge is 0.208 e. The van der Waals surface area contributed by atoms with Gasteiger partial charge in [-0.05, 0) is 61.1 Å². The van der Waals surface area contributed by atoms with Gasteiger partial charge in [-0.15, -0.1) is 0 Å². The molecule has 1 N–H and O–H groups in total. The van der Waals surface area contributed by atoms with E-state index in [0.717, 1.165) is 38.5 Å². The first-order valence-corrected chi connectivity index (χ1v) is 10.3. The molecule has 0 heterocycles. The van der Waals surface area contributed by atoms with Crippen LogP contribution in [0.4, 0.5) is 0 Å². The van der Waals surface area contributed by atoms with E-state index in [1.165, 1.54) is 5.56 Å². The Morgan fingerprint density at radius 3 is 2.09 bits per heavy atom. The fraction of sp³-hybridized carbons (Fsp3) is 0.684. The summed E-state index contributed by atoms with van der Waals surface area (Å²) in [5, 5.41) is 0. The molecule has 0 spiro atoms. The van der Waals surface area contributed by atoms with Crippen LogP contribution in [0.1, 0.15) is 65.4 Å². The van der Waals surface area contributed by atoms with Gasteiger partial charge >= 0.3 is 0 Å². The minimum Gasteiger partial charge on any atom is -0.208 e. The van der Waals surface area contributed by atoms with E-state index in [1.54, 1.807) is 12.1 Å². The molecule has 0 bridgehead atoms. The van der Waals surface area contributed by atoms with Gasteiger partial charge in [0.1, 0.15) is 0 Å². The monoisotopic (exact) mass is 337 g/mol. The van der Waals surface area contributed by atoms with E-state index in [4.69, 9.17) is 0 Å². The molecule has 1 aliphatic rings. The van der Waals surface area contributed by atoms with Crippen LogP contribution >= 0.6 is 0 Å². The molecule has 1 fully saturated rings. The van der Waals surface area contributed by atoms with Gasteiger partial charge in [0.25, 0.3) is 0 Å². The summed E-state index contributed by atoms with van der Waals surface area (Å²) < 4.78 is 28.0. The summed E-state index contributed by atoms with van der Waals surface area (Å²) >= 11 is 0. The normalized spacial score (nSPS) is 23.0. The summed E-state index contributed by atoms with van der Waals surface area (Å²) in [4.78, 5) is 0.385. The van der Waals surface area contributed by atoms with Crippen LogP contribution in [0, 0.1) is 11.3 Å². The van der Waals surface area contributed by atoms with Crippen molar-refractivity contribution in [2.45, 2.75) is 77.2 Å². The molecule has 1 aromatic rings. The predicted octanol–water partition coefficient (Wildman–Crippen LogP) is 4.52. The minimum absolute atomic E-state index is 0.0777. The van der Waals surface area contributed by atoms with Crippen molar-refractivity contribution in [3.05, 3.63) is 29.8 Å². The molecule has 0 saturated heterocycles. The number of nitrogens with one attached hydrogen (secondary N) is 1. The zero-order chi connectivity index (χ0) is 17.1. The lowest BCUT2D eigenvalue weighted by Gasteiger charge is -2.37. The van der Waals surface area contributed by atoms with Gasteiger partial charge in [-0.1, -0.05) is 46.2 Å². The van der Waals surface area contributed by atoms with Crippen molar-refractivity contribution in [2.24, 2.45) is 11.3 Å². The van der Waals surface area contributed by atoms with Crippen molar-refractivity contribution in [1.82, 2.24) is 4.72 Å². The molecule has 130 valence electrons. The third-order valence-electron chi connectivity index (χ3n) is 5.05. The highest BCUT2D eigenvalue weighted by molar-refractivity contribution is 7.89. The summed E-state index contributed by atoms with van der Waals surface area (Å²) in [5.74, 6) is 0.691. The number of aryl methyl sites for hydroxylation is 1. The van der Waals surface area contributed by atoms with Crippen LogP contribution < -0.4 is 4.72 Å². The van der Waals surface area contributed by atoms with Crippen molar-refractivity contribution < 1.29 is 8.42 Å². The molecule has 1 aliphatic carbocycles. The number of hydrogen-bond acceptors (Lipinski definition) is 2. The van der Waals surface area contributed by atoms with Gasteiger partial charge in [0, 0.05) is 6.04 Å². The van der Waals surface area contributed by atoms with Crippen molar-refractivity contribution in [2.75, 3.05) is 0 Å². The molecule has 0 unspecified atom stereocenters. The van der Waals surface area contributed by atoms with E-state index < -0.39 is 10.0 Å². The van der Waals surface area contributed by atoms with Crippen LogP contribution in [0.15, 0.2) is 29.2 Å². The lowest BCUT2D eigenvalue weighted by Crippen LogP contribution is -2.39. The van der Waals surface area contributed by atoms with Crippen LogP contribution in [0.2, 0.25) is 0 Å². The van der Waals surface area contributed by atoms with Gasteiger partial charge in [-0.2, -0.15) is 0 Å². The first kappa shape index (κ1) is 18.5. The van der Waals surface area contributed by atoms with Crippen molar-refractivity contribution in [1.29, 1.82) is 0 Å². The second kappa shape index (κ2) is 7.35. The van der Waals surface area contributed by atoms with Crippen LogP contribution in [0.5, 0.6) is 0 Å². The quantitative estimate of drug-likeness (QED) is 0.858. The summed E-state index contributed by atoms with van der Waals surface area (Å²) in [6, 6.07) is 7.39. The summed E-state index contributed by atoms with van der Waals surface area (Å²) in [5.41, 5.74) is 1.51. The Balaban J connectivity index is 1.97. The Bertz CT molecular complexity index is 591. The van der Waals surface area contributed by atoms with Crippen LogP contribution in [-0.2, 0) is 16.4 Å². The van der Waals surface area contributed by atoms with Crippen molar-refractivity contribution in [3.8, 4) is 0 Å². The maximum absolute atomic E-state index is 12.5. The number of rotatable bonds is 5. The molecule has 3 nitrogen and oxygen atoms in total. The average Bonchev–Trinajstić information content (AvgIpc) is 2.47. The minimum atomic E-state index is -3.39. The highest BCUT2D eigenvalue weighted by Gasteiger charge is 2.31. The summed E-state index contributed by atoms with van der Waals surface area (Å²) in [6.07, 6.45) is 6.15. The van der Waals surface area contributed by atoms with Gasteiger partial charge in [-0.3, -0.25) is 0 Å². The van der Waals surface area contributed by atoms with Crippen molar-refractivity contribution in [3.63, 3.8) is 0 Å². The van der Waals surface area contributed by atoms with E-state index in [2.05, 4.69) is 32.4 Å². The number of hydrogen-bond donors (Lipinski definition) is 1. The third kappa shape index (κ3) is 5.05. The summed E-state index contributed by atoms with van der Waals surface area (Å²) in [6.45, 7) is 8.96. The molecular weight excluding hydrogens is 306 g/mol. The zero-order valence-corrected chi connectivity index (χ0v) is 15.7. The van der Waals surface area contributed by atoms with Crippen LogP contribution in [-0.4, -0.2) is 14.5 Å². The number of sulfonamides is 1. The highest BCUT2D eigenvalue weighted by atomic mass is 32.2. The fourth-order valence-corrected chi connectivity index (χ4v) is 4.79. The Morgan fingerprint density at radius 1 is 1.04 bits per heavy atom. The molecule has 0 atom stereocenters. The number of benzene rings is 1. The van der Waals surface area contributed by atoms with Gasteiger partial charge in [0.15, 0.2) is 0 Å². The largest absolute Gasteiger partial charge is 0.240 e. The molecule has 4 heteroatoms. The SMILES string of the molecule is CCCc1ccc(S(=O)(=O)NC2CCC(C(C)(C)C)CC2)cc1. The molecule has 1 saturated carbocycles. The maximum atomic E-state index is 12.5. The van der Waals surface area contributed by atoms with E-state index in [0.29, 0.717) is 16.2 Å². The molecule has 0 radical (unpaired) electrons. The van der Waals surface area contributed by atoms with Crippen LogP contribution in [0.25, 0.3) is 0 Å². The molecule has 23 heavy (non-hydrogen) atoms. The van der Waals surface area contributed by atoms with Crippen molar-refractivity contribution >= 4 is 10.0 Å². The lowest BCUT2D eigenvalue weighted by atomic mass is 9.71. The molecule has 0 aromatic heterocycles. The molecule has 2 rings (SSSR count). The maximum Gasteiger partial charge on any atom is 0.240 e. The Morgan fingerprint density at radius 2 is 1.61 bits per heavy atom. The predicted molar refractivity (Wildman–Crippen MR) is 96.0 cm³/mol. The first-order chi connectivity index (χ1) is 10.7. The van der Waals surface area contributed by atoms with Crippen LogP contribution in [0.3, 0.4) is 0 Å².